The number of hydrogen-bond donors (Lipinski definition) is 2. The van der Waals surface area contributed by atoms with Crippen LogP contribution in [0.1, 0.15) is 11.1 Å². The van der Waals surface area contributed by atoms with Crippen molar-refractivity contribution in [1.29, 1.82) is 0 Å². The fourth-order valence-corrected chi connectivity index (χ4v) is 1.37. The third-order valence-electron chi connectivity index (χ3n) is 2.28. The molecule has 0 spiro atoms. The van der Waals surface area contributed by atoms with Crippen LogP contribution in [0.2, 0.25) is 0 Å². The quantitative estimate of drug-likeness (QED) is 0.798. The van der Waals surface area contributed by atoms with Crippen molar-refractivity contribution in [1.82, 2.24) is 5.32 Å². The van der Waals surface area contributed by atoms with Crippen LogP contribution >= 0.6 is 0 Å². The second kappa shape index (κ2) is 5.68. The second-order valence-electron chi connectivity index (χ2n) is 3.67. The molecule has 0 aromatic heterocycles. The normalized spacial score (nSPS) is 11.3. The lowest BCUT2D eigenvalue weighted by atomic mass is 10.1. The minimum absolute atomic E-state index is 0.0675. The average molecular weight is 259 g/mol. The number of nitrogens with one attached hydrogen (secondary N) is 1. The standard InChI is InChI=1S/C12H12F3NO2/c1-8(11(17)18)6-16-7-9-4-2-3-5-10(9)12(13,14)15/h2-5,16H,1,6-7H2,(H,17,18). The van der Waals surface area contributed by atoms with Gasteiger partial charge in [-0.3, -0.25) is 0 Å². The van der Waals surface area contributed by atoms with Crippen LogP contribution in [-0.2, 0) is 17.5 Å². The zero-order valence-electron chi connectivity index (χ0n) is 9.42. The summed E-state index contributed by atoms with van der Waals surface area (Å²) in [6.07, 6.45) is -4.41. The smallest absolute Gasteiger partial charge is 0.416 e. The summed E-state index contributed by atoms with van der Waals surface area (Å²) in [5, 5.41) is 11.2. The molecule has 18 heavy (non-hydrogen) atoms. The van der Waals surface area contributed by atoms with Crippen LogP contribution in [0, 0.1) is 0 Å². The van der Waals surface area contributed by atoms with Crippen LogP contribution in [-0.4, -0.2) is 17.6 Å². The molecule has 0 atom stereocenters. The predicted molar refractivity (Wildman–Crippen MR) is 59.9 cm³/mol. The fourth-order valence-electron chi connectivity index (χ4n) is 1.37. The number of aliphatic carboxylic acids is 1. The summed E-state index contributed by atoms with van der Waals surface area (Å²) in [7, 11) is 0. The van der Waals surface area contributed by atoms with Gasteiger partial charge in [0.1, 0.15) is 0 Å². The van der Waals surface area contributed by atoms with Gasteiger partial charge in [0.2, 0.25) is 0 Å². The third-order valence-corrected chi connectivity index (χ3v) is 2.28. The molecule has 0 saturated carbocycles. The second-order valence-corrected chi connectivity index (χ2v) is 3.67. The van der Waals surface area contributed by atoms with Gasteiger partial charge >= 0.3 is 12.1 Å². The molecule has 0 fully saturated rings. The molecule has 6 heteroatoms. The van der Waals surface area contributed by atoms with Crippen LogP contribution in [0.5, 0.6) is 0 Å². The average Bonchev–Trinajstić information content (AvgIpc) is 2.28. The summed E-state index contributed by atoms with van der Waals surface area (Å²) in [4.78, 5) is 10.4. The Balaban J connectivity index is 2.68. The summed E-state index contributed by atoms with van der Waals surface area (Å²) in [6.45, 7) is 3.14. The Bertz CT molecular complexity index is 455. The number of alkyl halides is 3. The van der Waals surface area contributed by atoms with E-state index in [1.807, 2.05) is 0 Å². The van der Waals surface area contributed by atoms with Crippen molar-refractivity contribution >= 4 is 5.97 Å². The monoisotopic (exact) mass is 259 g/mol. The van der Waals surface area contributed by atoms with E-state index in [0.29, 0.717) is 0 Å². The Morgan fingerprint density at radius 1 is 1.33 bits per heavy atom. The van der Waals surface area contributed by atoms with Gasteiger partial charge in [-0.2, -0.15) is 13.2 Å². The van der Waals surface area contributed by atoms with E-state index in [1.165, 1.54) is 18.2 Å². The summed E-state index contributed by atoms with van der Waals surface area (Å²) >= 11 is 0. The van der Waals surface area contributed by atoms with Gasteiger partial charge in [0.25, 0.3) is 0 Å². The van der Waals surface area contributed by atoms with E-state index in [1.54, 1.807) is 0 Å². The zero-order valence-corrected chi connectivity index (χ0v) is 9.42. The molecule has 0 bridgehead atoms. The zero-order chi connectivity index (χ0) is 13.8. The largest absolute Gasteiger partial charge is 0.478 e. The molecule has 0 unspecified atom stereocenters. The molecular formula is C12H12F3NO2. The Morgan fingerprint density at radius 3 is 2.50 bits per heavy atom. The first kappa shape index (κ1) is 14.2. The molecule has 98 valence electrons. The van der Waals surface area contributed by atoms with E-state index in [2.05, 4.69) is 11.9 Å². The van der Waals surface area contributed by atoms with Crippen molar-refractivity contribution in [3.63, 3.8) is 0 Å². The van der Waals surface area contributed by atoms with Crippen molar-refractivity contribution in [3.05, 3.63) is 47.5 Å². The van der Waals surface area contributed by atoms with Crippen LogP contribution in [0.25, 0.3) is 0 Å². The van der Waals surface area contributed by atoms with Gasteiger partial charge in [-0.15, -0.1) is 0 Å². The highest BCUT2D eigenvalue weighted by molar-refractivity contribution is 5.86. The Morgan fingerprint density at radius 2 is 1.94 bits per heavy atom. The summed E-state index contributed by atoms with van der Waals surface area (Å²) in [5.74, 6) is -1.17. The minimum Gasteiger partial charge on any atom is -0.478 e. The molecular weight excluding hydrogens is 247 g/mol. The third kappa shape index (κ3) is 3.89. The lowest BCUT2D eigenvalue weighted by Gasteiger charge is -2.13. The number of hydrogen-bond acceptors (Lipinski definition) is 2. The van der Waals surface area contributed by atoms with E-state index in [0.717, 1.165) is 6.07 Å². The van der Waals surface area contributed by atoms with Crippen molar-refractivity contribution < 1.29 is 23.1 Å². The summed E-state index contributed by atoms with van der Waals surface area (Å²) in [5.41, 5.74) is -0.749. The van der Waals surface area contributed by atoms with Gasteiger partial charge in [-0.25, -0.2) is 4.79 Å². The molecule has 0 aliphatic heterocycles. The topological polar surface area (TPSA) is 49.3 Å². The number of carbonyl (C=O) groups is 1. The molecule has 1 aromatic rings. The molecule has 0 aliphatic carbocycles. The van der Waals surface area contributed by atoms with Crippen molar-refractivity contribution in [2.24, 2.45) is 0 Å². The molecule has 1 aromatic carbocycles. The highest BCUT2D eigenvalue weighted by atomic mass is 19.4. The highest BCUT2D eigenvalue weighted by Gasteiger charge is 2.32. The highest BCUT2D eigenvalue weighted by Crippen LogP contribution is 2.31. The lowest BCUT2D eigenvalue weighted by Crippen LogP contribution is -2.21. The Kier molecular flexibility index (Phi) is 4.49. The molecule has 0 amide bonds. The maximum absolute atomic E-state index is 12.6. The summed E-state index contributed by atoms with van der Waals surface area (Å²) < 4.78 is 37.9. The van der Waals surface area contributed by atoms with Crippen molar-refractivity contribution in [2.75, 3.05) is 6.54 Å². The number of halogens is 3. The predicted octanol–water partition coefficient (Wildman–Crippen LogP) is 2.44. The Hall–Kier alpha value is -1.82. The van der Waals surface area contributed by atoms with Crippen LogP contribution < -0.4 is 5.32 Å². The van der Waals surface area contributed by atoms with Crippen LogP contribution in [0.4, 0.5) is 13.2 Å². The van der Waals surface area contributed by atoms with Gasteiger partial charge < -0.3 is 10.4 Å². The molecule has 2 N–H and O–H groups in total. The molecule has 0 radical (unpaired) electrons. The van der Waals surface area contributed by atoms with Gasteiger partial charge in [0.05, 0.1) is 5.56 Å². The van der Waals surface area contributed by atoms with E-state index < -0.39 is 17.7 Å². The maximum atomic E-state index is 12.6. The number of carboxylic acids is 1. The lowest BCUT2D eigenvalue weighted by molar-refractivity contribution is -0.138. The molecule has 1 rings (SSSR count). The first-order valence-corrected chi connectivity index (χ1v) is 5.09. The van der Waals surface area contributed by atoms with Crippen molar-refractivity contribution in [2.45, 2.75) is 12.7 Å². The maximum Gasteiger partial charge on any atom is 0.416 e. The minimum atomic E-state index is -4.41. The van der Waals surface area contributed by atoms with Crippen LogP contribution in [0.3, 0.4) is 0 Å². The van der Waals surface area contributed by atoms with E-state index in [-0.39, 0.29) is 24.2 Å². The molecule has 0 heterocycles. The van der Waals surface area contributed by atoms with E-state index in [4.69, 9.17) is 5.11 Å². The number of carboxylic acid groups (broad SMARTS) is 1. The van der Waals surface area contributed by atoms with Crippen molar-refractivity contribution in [3.8, 4) is 0 Å². The summed E-state index contributed by atoms with van der Waals surface area (Å²) in [6, 6.07) is 5.14. The fraction of sp³-hybridized carbons (Fsp3) is 0.250. The molecule has 3 nitrogen and oxygen atoms in total. The first-order valence-electron chi connectivity index (χ1n) is 5.09. The SMILES string of the molecule is C=C(CNCc1ccccc1C(F)(F)F)C(=O)O. The molecule has 0 saturated heterocycles. The number of benzene rings is 1. The van der Waals surface area contributed by atoms with Crippen LogP contribution in [0.15, 0.2) is 36.4 Å². The van der Waals surface area contributed by atoms with Gasteiger partial charge in [0, 0.05) is 18.7 Å². The van der Waals surface area contributed by atoms with E-state index in [9.17, 15) is 18.0 Å². The van der Waals surface area contributed by atoms with Gasteiger partial charge in [-0.05, 0) is 11.6 Å². The van der Waals surface area contributed by atoms with E-state index >= 15 is 0 Å². The molecule has 0 aliphatic rings. The first-order chi connectivity index (χ1) is 8.32. The number of rotatable bonds is 5. The van der Waals surface area contributed by atoms with Gasteiger partial charge in [0.15, 0.2) is 0 Å². The van der Waals surface area contributed by atoms with Gasteiger partial charge in [-0.1, -0.05) is 24.8 Å². The Labute approximate surface area is 102 Å².